The molecule has 5 heteroatoms. The highest BCUT2D eigenvalue weighted by atomic mass is 16.4. The van der Waals surface area contributed by atoms with E-state index in [0.29, 0.717) is 5.56 Å². The number of amides is 1. The minimum absolute atomic E-state index is 0.0211. The first-order chi connectivity index (χ1) is 7.13. The topological polar surface area (TPSA) is 92.4 Å². The van der Waals surface area contributed by atoms with E-state index in [0.717, 1.165) is 5.56 Å². The fourth-order valence-corrected chi connectivity index (χ4v) is 1.10. The molecule has 1 rings (SSSR count). The molecule has 0 fully saturated rings. The van der Waals surface area contributed by atoms with Crippen molar-refractivity contribution in [2.24, 2.45) is 5.73 Å². The summed E-state index contributed by atoms with van der Waals surface area (Å²) in [4.78, 5) is 21.4. The van der Waals surface area contributed by atoms with Crippen LogP contribution < -0.4 is 11.1 Å². The Balaban J connectivity index is 2.64. The molecule has 0 saturated heterocycles. The van der Waals surface area contributed by atoms with E-state index in [9.17, 15) is 9.59 Å². The van der Waals surface area contributed by atoms with Crippen molar-refractivity contribution in [3.05, 3.63) is 35.4 Å². The number of nitrogens with two attached hydrogens (primary N) is 1. The number of rotatable bonds is 4. The molecule has 0 atom stereocenters. The van der Waals surface area contributed by atoms with Crippen LogP contribution in [-0.4, -0.2) is 23.5 Å². The van der Waals surface area contributed by atoms with Crippen molar-refractivity contribution in [2.45, 2.75) is 6.54 Å². The predicted octanol–water partition coefficient (Wildman–Crippen LogP) is 0.596. The lowest BCUT2D eigenvalue weighted by atomic mass is 10.1. The van der Waals surface area contributed by atoms with Crippen LogP contribution in [0.3, 0.4) is 0 Å². The second kappa shape index (κ2) is 5.11. The number of ketones is 1. The van der Waals surface area contributed by atoms with E-state index in [-0.39, 0.29) is 18.9 Å². The zero-order chi connectivity index (χ0) is 11.3. The lowest BCUT2D eigenvalue weighted by molar-refractivity contribution is 0.100. The number of hydrogen-bond donors (Lipinski definition) is 3. The number of nitrogens with one attached hydrogen (secondary N) is 1. The highest BCUT2D eigenvalue weighted by Crippen LogP contribution is 2.04. The van der Waals surface area contributed by atoms with E-state index in [1.54, 1.807) is 24.3 Å². The van der Waals surface area contributed by atoms with Crippen LogP contribution in [0.15, 0.2) is 24.3 Å². The molecule has 1 amide bonds. The second-order valence-corrected chi connectivity index (χ2v) is 2.98. The van der Waals surface area contributed by atoms with Crippen LogP contribution in [0.2, 0.25) is 0 Å². The first kappa shape index (κ1) is 11.2. The Labute approximate surface area is 86.9 Å². The summed E-state index contributed by atoms with van der Waals surface area (Å²) in [7, 11) is 0. The molecular weight excluding hydrogens is 196 g/mol. The van der Waals surface area contributed by atoms with Crippen LogP contribution in [0.5, 0.6) is 0 Å². The lowest BCUT2D eigenvalue weighted by Gasteiger charge is -2.02. The highest BCUT2D eigenvalue weighted by molar-refractivity contribution is 5.97. The van der Waals surface area contributed by atoms with Crippen LogP contribution in [-0.2, 0) is 6.54 Å². The Bertz CT molecular complexity index is 359. The van der Waals surface area contributed by atoms with E-state index in [1.807, 2.05) is 0 Å². The average Bonchev–Trinajstić information content (AvgIpc) is 2.26. The Kier molecular flexibility index (Phi) is 3.82. The standard InChI is InChI=1S/C10H12N2O3/c11-5-9(13)8-3-1-7(2-4-8)6-12-10(14)15/h1-4,12H,5-6,11H2,(H,14,15). The molecule has 80 valence electrons. The Morgan fingerprint density at radius 3 is 2.33 bits per heavy atom. The molecule has 1 aromatic rings. The zero-order valence-corrected chi connectivity index (χ0v) is 8.06. The SMILES string of the molecule is NCC(=O)c1ccc(CNC(=O)O)cc1. The number of hydrogen-bond acceptors (Lipinski definition) is 3. The molecule has 0 aliphatic carbocycles. The molecule has 5 nitrogen and oxygen atoms in total. The molecule has 4 N–H and O–H groups in total. The predicted molar refractivity (Wildman–Crippen MR) is 54.7 cm³/mol. The van der Waals surface area contributed by atoms with Crippen LogP contribution >= 0.6 is 0 Å². The van der Waals surface area contributed by atoms with Gasteiger partial charge in [0.25, 0.3) is 0 Å². The van der Waals surface area contributed by atoms with E-state index >= 15 is 0 Å². The van der Waals surface area contributed by atoms with Gasteiger partial charge in [0, 0.05) is 12.1 Å². The van der Waals surface area contributed by atoms with Crippen molar-refractivity contribution in [2.75, 3.05) is 6.54 Å². The minimum Gasteiger partial charge on any atom is -0.465 e. The monoisotopic (exact) mass is 208 g/mol. The summed E-state index contributed by atoms with van der Waals surface area (Å²) in [6.07, 6.45) is -1.07. The van der Waals surface area contributed by atoms with Crippen LogP contribution in [0.25, 0.3) is 0 Å². The van der Waals surface area contributed by atoms with Gasteiger partial charge in [-0.3, -0.25) is 4.79 Å². The summed E-state index contributed by atoms with van der Waals surface area (Å²) >= 11 is 0. The Morgan fingerprint density at radius 1 is 1.27 bits per heavy atom. The van der Waals surface area contributed by atoms with Crippen molar-refractivity contribution in [3.63, 3.8) is 0 Å². The summed E-state index contributed by atoms with van der Waals surface area (Å²) in [5.41, 5.74) is 6.54. The maximum atomic E-state index is 11.2. The number of carbonyl (C=O) groups excluding carboxylic acids is 1. The third-order valence-corrected chi connectivity index (χ3v) is 1.91. The van der Waals surface area contributed by atoms with Gasteiger partial charge in [-0.2, -0.15) is 0 Å². The quantitative estimate of drug-likeness (QED) is 0.631. The molecule has 0 spiro atoms. The number of carboxylic acid groups (broad SMARTS) is 1. The third-order valence-electron chi connectivity index (χ3n) is 1.91. The number of carbonyl (C=O) groups is 2. The summed E-state index contributed by atoms with van der Waals surface area (Å²) in [5, 5.41) is 10.6. The largest absolute Gasteiger partial charge is 0.465 e. The molecule has 1 aromatic carbocycles. The summed E-state index contributed by atoms with van der Waals surface area (Å²) in [6.45, 7) is 0.207. The van der Waals surface area contributed by atoms with Crippen LogP contribution in [0.4, 0.5) is 4.79 Å². The summed E-state index contributed by atoms with van der Waals surface area (Å²) in [6, 6.07) is 6.65. The maximum Gasteiger partial charge on any atom is 0.404 e. The van der Waals surface area contributed by atoms with Gasteiger partial charge in [-0.15, -0.1) is 0 Å². The average molecular weight is 208 g/mol. The Hall–Kier alpha value is -1.88. The fraction of sp³-hybridized carbons (Fsp3) is 0.200. The number of Topliss-reactive ketones (excluding diaryl/α,β-unsaturated/α-hetero) is 1. The van der Waals surface area contributed by atoms with Gasteiger partial charge in [0.15, 0.2) is 5.78 Å². The van der Waals surface area contributed by atoms with Gasteiger partial charge in [-0.25, -0.2) is 4.79 Å². The van der Waals surface area contributed by atoms with Crippen molar-refractivity contribution >= 4 is 11.9 Å². The molecule has 0 unspecified atom stereocenters. The van der Waals surface area contributed by atoms with Crippen molar-refractivity contribution in [3.8, 4) is 0 Å². The highest BCUT2D eigenvalue weighted by Gasteiger charge is 2.02. The van der Waals surface area contributed by atoms with E-state index < -0.39 is 6.09 Å². The Morgan fingerprint density at radius 2 is 1.87 bits per heavy atom. The number of benzene rings is 1. The third kappa shape index (κ3) is 3.40. The van der Waals surface area contributed by atoms with Gasteiger partial charge in [0.2, 0.25) is 0 Å². The fourth-order valence-electron chi connectivity index (χ4n) is 1.10. The second-order valence-electron chi connectivity index (χ2n) is 2.98. The van der Waals surface area contributed by atoms with Gasteiger partial charge < -0.3 is 16.2 Å². The van der Waals surface area contributed by atoms with E-state index in [1.165, 1.54) is 0 Å². The molecule has 0 heterocycles. The molecule has 0 saturated carbocycles. The maximum absolute atomic E-state index is 11.2. The summed E-state index contributed by atoms with van der Waals surface area (Å²) in [5.74, 6) is -0.132. The van der Waals surface area contributed by atoms with Crippen molar-refractivity contribution < 1.29 is 14.7 Å². The van der Waals surface area contributed by atoms with Crippen LogP contribution in [0.1, 0.15) is 15.9 Å². The lowest BCUT2D eigenvalue weighted by Crippen LogP contribution is -2.20. The smallest absolute Gasteiger partial charge is 0.404 e. The van der Waals surface area contributed by atoms with Crippen molar-refractivity contribution in [1.29, 1.82) is 0 Å². The molecule has 15 heavy (non-hydrogen) atoms. The van der Waals surface area contributed by atoms with E-state index in [4.69, 9.17) is 10.8 Å². The zero-order valence-electron chi connectivity index (χ0n) is 8.06. The first-order valence-corrected chi connectivity index (χ1v) is 4.42. The normalized spacial score (nSPS) is 9.67. The van der Waals surface area contributed by atoms with E-state index in [2.05, 4.69) is 5.32 Å². The minimum atomic E-state index is -1.07. The molecule has 0 aromatic heterocycles. The van der Waals surface area contributed by atoms with Gasteiger partial charge in [0.05, 0.1) is 6.54 Å². The van der Waals surface area contributed by atoms with Crippen molar-refractivity contribution in [1.82, 2.24) is 5.32 Å². The van der Waals surface area contributed by atoms with Gasteiger partial charge in [0.1, 0.15) is 0 Å². The summed E-state index contributed by atoms with van der Waals surface area (Å²) < 4.78 is 0. The van der Waals surface area contributed by atoms with Gasteiger partial charge >= 0.3 is 6.09 Å². The van der Waals surface area contributed by atoms with Gasteiger partial charge in [-0.1, -0.05) is 24.3 Å². The molecule has 0 aliphatic rings. The molecule has 0 bridgehead atoms. The van der Waals surface area contributed by atoms with Crippen LogP contribution in [0, 0.1) is 0 Å². The first-order valence-electron chi connectivity index (χ1n) is 4.42. The molecule has 0 radical (unpaired) electrons. The molecular formula is C10H12N2O3. The molecule has 0 aliphatic heterocycles. The van der Waals surface area contributed by atoms with Gasteiger partial charge in [-0.05, 0) is 5.56 Å².